The summed E-state index contributed by atoms with van der Waals surface area (Å²) in [6, 6.07) is 4.81. The van der Waals surface area contributed by atoms with Gasteiger partial charge >= 0.3 is 6.61 Å². The van der Waals surface area contributed by atoms with E-state index in [-0.39, 0.29) is 34.0 Å². The molecule has 1 aromatic heterocycles. The molecule has 1 aromatic carbocycles. The monoisotopic (exact) mass is 453 g/mol. The lowest BCUT2D eigenvalue weighted by Gasteiger charge is -2.36. The molecule has 31 heavy (non-hydrogen) atoms. The van der Waals surface area contributed by atoms with Gasteiger partial charge in [0.1, 0.15) is 0 Å². The number of thioether (sulfide) groups is 1. The summed E-state index contributed by atoms with van der Waals surface area (Å²) < 4.78 is 42.8. The summed E-state index contributed by atoms with van der Waals surface area (Å²) in [5.74, 6) is 0.742. The quantitative estimate of drug-likeness (QED) is 0.704. The SMILES string of the molecule is COc1cc([C@H]2SC(C)=Nc3c2c(=O)[nH]n3[C@@H]2CCOC(C)(C)C2)ccc1OC(F)F. The number of aliphatic imine (C=N–C) groups is 1. The summed E-state index contributed by atoms with van der Waals surface area (Å²) in [5.41, 5.74) is 0.797. The number of H-pyrrole nitrogens is 1. The minimum absolute atomic E-state index is 0.0522. The van der Waals surface area contributed by atoms with Crippen molar-refractivity contribution in [3.63, 3.8) is 0 Å². The molecule has 3 heterocycles. The zero-order valence-corrected chi connectivity index (χ0v) is 18.6. The standard InChI is InChI=1S/C21H25F2N3O4S/c1-11-24-18-16(19(27)25-26(18)13-7-8-29-21(2,3)10-13)17(31-11)12-5-6-14(30-20(22)23)15(9-12)28-4/h5-6,9,13,17,20H,7-8,10H2,1-4H3,(H,25,27)/t13-,17-/m1/s1. The van der Waals surface area contributed by atoms with Crippen LogP contribution in [0.2, 0.25) is 0 Å². The highest BCUT2D eigenvalue weighted by molar-refractivity contribution is 8.14. The second-order valence-corrected chi connectivity index (χ2v) is 9.52. The molecule has 2 aromatic rings. The Balaban J connectivity index is 1.75. The number of ether oxygens (including phenoxy) is 3. The van der Waals surface area contributed by atoms with E-state index < -0.39 is 6.61 Å². The highest BCUT2D eigenvalue weighted by Crippen LogP contribution is 2.47. The van der Waals surface area contributed by atoms with Crippen LogP contribution in [0.15, 0.2) is 28.0 Å². The van der Waals surface area contributed by atoms with E-state index in [1.807, 2.05) is 25.5 Å². The molecule has 2 atom stereocenters. The number of aromatic nitrogens is 2. The maximum absolute atomic E-state index is 13.0. The summed E-state index contributed by atoms with van der Waals surface area (Å²) in [6.45, 7) is 3.62. The van der Waals surface area contributed by atoms with E-state index in [1.54, 1.807) is 12.1 Å². The third kappa shape index (κ3) is 4.36. The summed E-state index contributed by atoms with van der Waals surface area (Å²) >= 11 is 1.44. The van der Waals surface area contributed by atoms with Crippen LogP contribution in [0.1, 0.15) is 56.0 Å². The number of fused-ring (bicyclic) bond motifs is 1. The molecule has 0 amide bonds. The molecule has 168 valence electrons. The molecule has 2 aliphatic rings. The maximum atomic E-state index is 13.0. The summed E-state index contributed by atoms with van der Waals surface area (Å²) in [5, 5.41) is 3.44. The Morgan fingerprint density at radius 3 is 2.81 bits per heavy atom. The highest BCUT2D eigenvalue weighted by Gasteiger charge is 2.36. The van der Waals surface area contributed by atoms with Gasteiger partial charge in [-0.25, -0.2) is 4.99 Å². The third-order valence-corrected chi connectivity index (χ3v) is 6.67. The second-order valence-electron chi connectivity index (χ2n) is 8.22. The second kappa shape index (κ2) is 8.31. The summed E-state index contributed by atoms with van der Waals surface area (Å²) in [7, 11) is 1.39. The van der Waals surface area contributed by atoms with Crippen LogP contribution in [-0.4, -0.2) is 40.8 Å². The first kappa shape index (κ1) is 21.9. The fraction of sp³-hybridized carbons (Fsp3) is 0.524. The van der Waals surface area contributed by atoms with Crippen LogP contribution < -0.4 is 15.0 Å². The van der Waals surface area contributed by atoms with Gasteiger partial charge in [0, 0.05) is 6.61 Å². The number of methoxy groups -OCH3 is 1. The molecule has 0 bridgehead atoms. The first-order chi connectivity index (χ1) is 14.7. The molecule has 0 aliphatic carbocycles. The molecule has 0 unspecified atom stereocenters. The average molecular weight is 454 g/mol. The number of hydrogen-bond donors (Lipinski definition) is 1. The Morgan fingerprint density at radius 2 is 2.13 bits per heavy atom. The van der Waals surface area contributed by atoms with Gasteiger partial charge in [0.15, 0.2) is 17.3 Å². The van der Waals surface area contributed by atoms with Gasteiger partial charge < -0.3 is 14.2 Å². The van der Waals surface area contributed by atoms with Crippen molar-refractivity contribution in [3.8, 4) is 11.5 Å². The van der Waals surface area contributed by atoms with Crippen molar-refractivity contribution in [2.75, 3.05) is 13.7 Å². The Hall–Kier alpha value is -2.33. The van der Waals surface area contributed by atoms with E-state index in [0.717, 1.165) is 23.4 Å². The van der Waals surface area contributed by atoms with Crippen LogP contribution in [-0.2, 0) is 4.74 Å². The molecule has 7 nitrogen and oxygen atoms in total. The molecular weight excluding hydrogens is 428 g/mol. The van der Waals surface area contributed by atoms with E-state index in [1.165, 1.54) is 24.9 Å². The molecule has 1 N–H and O–H groups in total. The predicted molar refractivity (Wildman–Crippen MR) is 115 cm³/mol. The van der Waals surface area contributed by atoms with Crippen molar-refractivity contribution < 1.29 is 23.0 Å². The van der Waals surface area contributed by atoms with E-state index in [0.29, 0.717) is 18.0 Å². The van der Waals surface area contributed by atoms with Crippen molar-refractivity contribution in [1.29, 1.82) is 0 Å². The van der Waals surface area contributed by atoms with Gasteiger partial charge in [0.05, 0.1) is 34.6 Å². The first-order valence-electron chi connectivity index (χ1n) is 10.0. The number of aromatic amines is 1. The lowest BCUT2D eigenvalue weighted by Crippen LogP contribution is -2.35. The number of nitrogens with zero attached hydrogens (tertiary/aromatic N) is 2. The van der Waals surface area contributed by atoms with E-state index in [4.69, 9.17) is 9.47 Å². The maximum Gasteiger partial charge on any atom is 0.387 e. The fourth-order valence-corrected chi connectivity index (χ4v) is 5.26. The topological polar surface area (TPSA) is 77.8 Å². The molecule has 2 aliphatic heterocycles. The summed E-state index contributed by atoms with van der Waals surface area (Å²) in [4.78, 5) is 17.7. The number of rotatable bonds is 5. The van der Waals surface area contributed by atoms with Crippen LogP contribution in [0.3, 0.4) is 0 Å². The molecule has 0 spiro atoms. The van der Waals surface area contributed by atoms with Crippen LogP contribution in [0.25, 0.3) is 0 Å². The minimum atomic E-state index is -2.95. The van der Waals surface area contributed by atoms with E-state index in [9.17, 15) is 13.6 Å². The van der Waals surface area contributed by atoms with Crippen LogP contribution in [0.5, 0.6) is 11.5 Å². The number of hydrogen-bond acceptors (Lipinski definition) is 6. The van der Waals surface area contributed by atoms with Gasteiger partial charge in [0.2, 0.25) is 0 Å². The Morgan fingerprint density at radius 1 is 1.35 bits per heavy atom. The zero-order valence-electron chi connectivity index (χ0n) is 17.8. The Bertz CT molecular complexity index is 1060. The average Bonchev–Trinajstić information content (AvgIpc) is 3.03. The lowest BCUT2D eigenvalue weighted by atomic mass is 9.94. The van der Waals surface area contributed by atoms with Crippen molar-refractivity contribution in [2.45, 2.75) is 57.1 Å². The molecule has 1 saturated heterocycles. The van der Waals surface area contributed by atoms with Crippen LogP contribution in [0.4, 0.5) is 14.6 Å². The highest BCUT2D eigenvalue weighted by atomic mass is 32.2. The van der Waals surface area contributed by atoms with Crippen LogP contribution >= 0.6 is 11.8 Å². The van der Waals surface area contributed by atoms with Crippen molar-refractivity contribution >= 4 is 22.6 Å². The smallest absolute Gasteiger partial charge is 0.387 e. The van der Waals surface area contributed by atoms with Crippen molar-refractivity contribution in [1.82, 2.24) is 9.78 Å². The summed E-state index contributed by atoms with van der Waals surface area (Å²) in [6.07, 6.45) is 1.53. The van der Waals surface area contributed by atoms with Gasteiger partial charge in [-0.1, -0.05) is 17.8 Å². The molecule has 10 heteroatoms. The molecule has 0 radical (unpaired) electrons. The Labute approximate surface area is 182 Å². The van der Waals surface area contributed by atoms with Crippen molar-refractivity contribution in [3.05, 3.63) is 39.7 Å². The van der Waals surface area contributed by atoms with Crippen LogP contribution in [0, 0.1) is 0 Å². The number of alkyl halides is 2. The van der Waals surface area contributed by atoms with E-state index >= 15 is 0 Å². The van der Waals surface area contributed by atoms with Gasteiger partial charge in [-0.2, -0.15) is 8.78 Å². The molecular formula is C21H25F2N3O4S. The fourth-order valence-electron chi connectivity index (χ4n) is 4.17. The van der Waals surface area contributed by atoms with Gasteiger partial charge in [-0.15, -0.1) is 0 Å². The zero-order chi connectivity index (χ0) is 22.3. The molecule has 1 fully saturated rings. The molecule has 4 rings (SSSR count). The first-order valence-corrected chi connectivity index (χ1v) is 10.9. The largest absolute Gasteiger partial charge is 0.493 e. The molecule has 0 saturated carbocycles. The normalized spacial score (nSPS) is 22.7. The minimum Gasteiger partial charge on any atom is -0.493 e. The lowest BCUT2D eigenvalue weighted by molar-refractivity contribution is -0.0705. The number of benzene rings is 1. The Kier molecular flexibility index (Phi) is 5.87. The van der Waals surface area contributed by atoms with Gasteiger partial charge in [-0.05, 0) is 51.3 Å². The number of halogens is 2. The van der Waals surface area contributed by atoms with Gasteiger partial charge in [0.25, 0.3) is 5.56 Å². The van der Waals surface area contributed by atoms with Gasteiger partial charge in [-0.3, -0.25) is 14.6 Å². The van der Waals surface area contributed by atoms with Crippen molar-refractivity contribution in [2.24, 2.45) is 4.99 Å². The number of nitrogens with one attached hydrogen (secondary N) is 1. The third-order valence-electron chi connectivity index (χ3n) is 5.49. The predicted octanol–water partition coefficient (Wildman–Crippen LogP) is 4.80. The van der Waals surface area contributed by atoms with E-state index in [2.05, 4.69) is 14.8 Å².